The highest BCUT2D eigenvalue weighted by molar-refractivity contribution is 9.10. The van der Waals surface area contributed by atoms with Gasteiger partial charge in [0.15, 0.2) is 0 Å². The Kier molecular flexibility index (Phi) is 5.14. The third-order valence-electron chi connectivity index (χ3n) is 3.11. The number of carbonyl (C=O) groups excluding carboxylic acids is 1. The lowest BCUT2D eigenvalue weighted by Gasteiger charge is -2.23. The van der Waals surface area contributed by atoms with Crippen molar-refractivity contribution in [2.24, 2.45) is 0 Å². The predicted molar refractivity (Wildman–Crippen MR) is 76.2 cm³/mol. The van der Waals surface area contributed by atoms with Crippen molar-refractivity contribution < 1.29 is 19.4 Å². The van der Waals surface area contributed by atoms with Gasteiger partial charge in [-0.25, -0.2) is 0 Å². The molecule has 108 valence electrons. The molecule has 0 radical (unpaired) electrons. The molecule has 1 N–H and O–H groups in total. The Morgan fingerprint density at radius 2 is 2.25 bits per heavy atom. The molecular weight excluding hydrogens is 326 g/mol. The van der Waals surface area contributed by atoms with Crippen LogP contribution in [-0.2, 0) is 20.9 Å². The highest BCUT2D eigenvalue weighted by Gasteiger charge is 2.29. The summed E-state index contributed by atoms with van der Waals surface area (Å²) in [5.41, 5.74) is 0.881. The van der Waals surface area contributed by atoms with Gasteiger partial charge in [0.05, 0.1) is 0 Å². The minimum absolute atomic E-state index is 0.245. The van der Waals surface area contributed by atoms with Gasteiger partial charge in [-0.15, -0.1) is 0 Å². The molecule has 0 saturated carbocycles. The Balaban J connectivity index is 2.10. The summed E-state index contributed by atoms with van der Waals surface area (Å²) in [7, 11) is 0. The maximum Gasteiger partial charge on any atom is 0.323 e. The van der Waals surface area contributed by atoms with Crippen LogP contribution in [0.2, 0.25) is 0 Å². The minimum Gasteiger partial charge on any atom is -0.480 e. The highest BCUT2D eigenvalue weighted by Crippen LogP contribution is 2.18. The number of halogens is 1. The van der Waals surface area contributed by atoms with E-state index in [1.54, 1.807) is 0 Å². The SMILES string of the molecule is O=C(O)CN(Cc1cccc(Br)c1)C(=O)[C@@H]1CCCO1. The van der Waals surface area contributed by atoms with E-state index in [1.807, 2.05) is 24.3 Å². The summed E-state index contributed by atoms with van der Waals surface area (Å²) in [6.45, 7) is 0.518. The van der Waals surface area contributed by atoms with E-state index in [-0.39, 0.29) is 19.0 Å². The second-order valence-corrected chi connectivity index (χ2v) is 5.64. The summed E-state index contributed by atoms with van der Waals surface area (Å²) in [5, 5.41) is 8.96. The number of hydrogen-bond acceptors (Lipinski definition) is 3. The molecule has 1 saturated heterocycles. The number of carboxylic acids is 1. The zero-order valence-corrected chi connectivity index (χ0v) is 12.5. The van der Waals surface area contributed by atoms with Crippen LogP contribution in [0.4, 0.5) is 0 Å². The van der Waals surface area contributed by atoms with Gasteiger partial charge in [-0.2, -0.15) is 0 Å². The van der Waals surface area contributed by atoms with Crippen molar-refractivity contribution in [2.75, 3.05) is 13.2 Å². The van der Waals surface area contributed by atoms with Crippen molar-refractivity contribution in [2.45, 2.75) is 25.5 Å². The number of carbonyl (C=O) groups is 2. The first kappa shape index (κ1) is 15.0. The van der Waals surface area contributed by atoms with Gasteiger partial charge in [0.2, 0.25) is 0 Å². The molecule has 0 bridgehead atoms. The van der Waals surface area contributed by atoms with Crippen LogP contribution in [-0.4, -0.2) is 41.1 Å². The van der Waals surface area contributed by atoms with Gasteiger partial charge in [-0.1, -0.05) is 28.1 Å². The molecule has 1 heterocycles. The fraction of sp³-hybridized carbons (Fsp3) is 0.429. The Morgan fingerprint density at radius 1 is 1.45 bits per heavy atom. The van der Waals surface area contributed by atoms with Crippen molar-refractivity contribution in [1.29, 1.82) is 0 Å². The normalized spacial score (nSPS) is 17.9. The first-order valence-electron chi connectivity index (χ1n) is 6.43. The molecule has 2 rings (SSSR count). The maximum absolute atomic E-state index is 12.3. The van der Waals surface area contributed by atoms with Crippen LogP contribution in [0.3, 0.4) is 0 Å². The van der Waals surface area contributed by atoms with Crippen molar-refractivity contribution >= 4 is 27.8 Å². The van der Waals surface area contributed by atoms with E-state index in [0.717, 1.165) is 16.5 Å². The van der Waals surface area contributed by atoms with Crippen LogP contribution in [0.25, 0.3) is 0 Å². The molecule has 1 aliphatic rings. The molecule has 1 fully saturated rings. The van der Waals surface area contributed by atoms with Crippen LogP contribution in [0.5, 0.6) is 0 Å². The quantitative estimate of drug-likeness (QED) is 0.889. The van der Waals surface area contributed by atoms with E-state index in [1.165, 1.54) is 4.90 Å². The van der Waals surface area contributed by atoms with Crippen molar-refractivity contribution in [3.8, 4) is 0 Å². The molecule has 1 amide bonds. The molecule has 1 aliphatic heterocycles. The van der Waals surface area contributed by atoms with Gasteiger partial charge in [-0.05, 0) is 30.5 Å². The van der Waals surface area contributed by atoms with Gasteiger partial charge < -0.3 is 14.7 Å². The second-order valence-electron chi connectivity index (χ2n) is 4.72. The number of hydrogen-bond donors (Lipinski definition) is 1. The number of carboxylic acid groups (broad SMARTS) is 1. The zero-order valence-electron chi connectivity index (χ0n) is 10.9. The smallest absolute Gasteiger partial charge is 0.323 e. The molecule has 1 aromatic rings. The zero-order chi connectivity index (χ0) is 14.5. The van der Waals surface area contributed by atoms with Crippen molar-refractivity contribution in [3.63, 3.8) is 0 Å². The van der Waals surface area contributed by atoms with Gasteiger partial charge in [-0.3, -0.25) is 9.59 Å². The van der Waals surface area contributed by atoms with Crippen LogP contribution in [0.1, 0.15) is 18.4 Å². The molecule has 0 unspecified atom stereocenters. The van der Waals surface area contributed by atoms with Gasteiger partial charge in [0.25, 0.3) is 5.91 Å². The summed E-state index contributed by atoms with van der Waals surface area (Å²) >= 11 is 3.36. The maximum atomic E-state index is 12.3. The van der Waals surface area contributed by atoms with Gasteiger partial charge in [0.1, 0.15) is 12.6 Å². The monoisotopic (exact) mass is 341 g/mol. The molecule has 20 heavy (non-hydrogen) atoms. The Labute approximate surface area is 125 Å². The van der Waals surface area contributed by atoms with E-state index in [2.05, 4.69) is 15.9 Å². The Hall–Kier alpha value is -1.40. The fourth-order valence-electron chi connectivity index (χ4n) is 2.21. The summed E-state index contributed by atoms with van der Waals surface area (Å²) in [6, 6.07) is 7.47. The Morgan fingerprint density at radius 3 is 2.85 bits per heavy atom. The lowest BCUT2D eigenvalue weighted by molar-refractivity contribution is -0.149. The predicted octanol–water partition coefficient (Wildman–Crippen LogP) is 2.04. The van der Waals surface area contributed by atoms with E-state index in [9.17, 15) is 9.59 Å². The van der Waals surface area contributed by atoms with E-state index in [4.69, 9.17) is 9.84 Å². The molecule has 0 spiro atoms. The number of aliphatic carboxylic acids is 1. The number of rotatable bonds is 5. The Bertz CT molecular complexity index is 500. The fourth-order valence-corrected chi connectivity index (χ4v) is 2.65. The number of benzene rings is 1. The van der Waals surface area contributed by atoms with Crippen LogP contribution in [0.15, 0.2) is 28.7 Å². The van der Waals surface area contributed by atoms with Gasteiger partial charge in [0, 0.05) is 17.6 Å². The molecular formula is C14H16BrNO4. The second kappa shape index (κ2) is 6.85. The lowest BCUT2D eigenvalue weighted by Crippen LogP contribution is -2.41. The first-order chi connectivity index (χ1) is 9.56. The first-order valence-corrected chi connectivity index (χ1v) is 7.22. The van der Waals surface area contributed by atoms with Crippen LogP contribution < -0.4 is 0 Å². The van der Waals surface area contributed by atoms with E-state index < -0.39 is 12.1 Å². The average molecular weight is 342 g/mol. The largest absolute Gasteiger partial charge is 0.480 e. The van der Waals surface area contributed by atoms with Crippen LogP contribution in [0, 0.1) is 0 Å². The topological polar surface area (TPSA) is 66.8 Å². The highest BCUT2D eigenvalue weighted by atomic mass is 79.9. The molecule has 0 aromatic heterocycles. The number of nitrogens with zero attached hydrogens (tertiary/aromatic N) is 1. The minimum atomic E-state index is -1.02. The van der Waals surface area contributed by atoms with Gasteiger partial charge >= 0.3 is 5.97 Å². The number of amides is 1. The molecule has 5 nitrogen and oxygen atoms in total. The summed E-state index contributed by atoms with van der Waals surface area (Å²) in [5.74, 6) is -1.27. The van der Waals surface area contributed by atoms with Crippen LogP contribution >= 0.6 is 15.9 Å². The standard InChI is InChI=1S/C14H16BrNO4/c15-11-4-1-3-10(7-11)8-16(9-13(17)18)14(19)12-5-2-6-20-12/h1,3-4,7,12H,2,5-6,8-9H2,(H,17,18)/t12-/m0/s1. The van der Waals surface area contributed by atoms with E-state index in [0.29, 0.717) is 13.0 Å². The van der Waals surface area contributed by atoms with Crippen molar-refractivity contribution in [3.05, 3.63) is 34.3 Å². The lowest BCUT2D eigenvalue weighted by atomic mass is 10.1. The summed E-state index contributed by atoms with van der Waals surface area (Å²) in [4.78, 5) is 24.6. The number of ether oxygens (including phenoxy) is 1. The molecule has 1 atom stereocenters. The molecule has 0 aliphatic carbocycles. The molecule has 6 heteroatoms. The summed E-state index contributed by atoms with van der Waals surface area (Å²) in [6.07, 6.45) is 1.00. The van der Waals surface area contributed by atoms with E-state index >= 15 is 0 Å². The van der Waals surface area contributed by atoms with Crippen molar-refractivity contribution in [1.82, 2.24) is 4.90 Å². The molecule has 1 aromatic carbocycles. The third kappa shape index (κ3) is 4.05. The third-order valence-corrected chi connectivity index (χ3v) is 3.60. The summed E-state index contributed by atoms with van der Waals surface area (Å²) < 4.78 is 6.24. The average Bonchev–Trinajstić information content (AvgIpc) is 2.90.